The van der Waals surface area contributed by atoms with Crippen molar-refractivity contribution in [3.63, 3.8) is 0 Å². The van der Waals surface area contributed by atoms with Gasteiger partial charge in [0.25, 0.3) is 0 Å². The van der Waals surface area contributed by atoms with Crippen molar-refractivity contribution in [2.75, 3.05) is 0 Å². The average molecular weight is 218 g/mol. The summed E-state index contributed by atoms with van der Waals surface area (Å²) in [6.45, 7) is 0. The van der Waals surface area contributed by atoms with Crippen LogP contribution in [-0.2, 0) is 0 Å². The molecule has 16 heavy (non-hydrogen) atoms. The zero-order valence-electron chi connectivity index (χ0n) is 8.21. The number of rotatable bonds is 0. The molecule has 0 fully saturated rings. The molecule has 0 unspecified atom stereocenters. The Balaban J connectivity index is 0.00000225. The van der Waals surface area contributed by atoms with Crippen LogP contribution in [0.1, 0.15) is 0 Å². The zero-order chi connectivity index (χ0) is 11.5. The van der Waals surface area contributed by atoms with E-state index in [0.717, 1.165) is 6.20 Å². The van der Waals surface area contributed by atoms with Crippen LogP contribution < -0.4 is 0 Å². The van der Waals surface area contributed by atoms with Gasteiger partial charge in [-0.3, -0.25) is 0 Å². The molecule has 1 heterocycles. The Hall–Kier alpha value is -2.21. The van der Waals surface area contributed by atoms with Gasteiger partial charge in [-0.05, 0) is 0 Å². The molecule has 0 aromatic heterocycles. The first kappa shape index (κ1) is 13.8. The molecule has 0 aliphatic carbocycles. The predicted octanol–water partition coefficient (Wildman–Crippen LogP) is -0.706. The quantitative estimate of drug-likeness (QED) is 0.388. The second-order valence-corrected chi connectivity index (χ2v) is 2.43. The van der Waals surface area contributed by atoms with Gasteiger partial charge in [0.15, 0.2) is 18.1 Å². The summed E-state index contributed by atoms with van der Waals surface area (Å²) in [7, 11) is 0. The third-order valence-corrected chi connectivity index (χ3v) is 1.80. The summed E-state index contributed by atoms with van der Waals surface area (Å²) in [4.78, 5) is 1.25. The SMILES string of the molecule is N#CC1=CN(C#N)C(C#N)(C#N)N1C#N.[Na]. The first-order valence-electron chi connectivity index (χ1n) is 3.53. The minimum absolute atomic E-state index is 0. The largest absolute Gasteiger partial charge is 0.317 e. The van der Waals surface area contributed by atoms with Crippen LogP contribution in [-0.4, -0.2) is 45.0 Å². The van der Waals surface area contributed by atoms with Gasteiger partial charge in [0, 0.05) is 29.6 Å². The predicted molar refractivity (Wildman–Crippen MR) is 48.3 cm³/mol. The molecule has 0 aromatic rings. The van der Waals surface area contributed by atoms with Crippen molar-refractivity contribution in [3.8, 4) is 30.6 Å². The first-order valence-corrected chi connectivity index (χ1v) is 3.53. The smallest absolute Gasteiger partial charge is 0.233 e. The molecule has 7 nitrogen and oxygen atoms in total. The van der Waals surface area contributed by atoms with Crippen LogP contribution in [0, 0.1) is 56.9 Å². The van der Waals surface area contributed by atoms with Crippen molar-refractivity contribution >= 4 is 29.6 Å². The van der Waals surface area contributed by atoms with Crippen LogP contribution in [0.5, 0.6) is 0 Å². The van der Waals surface area contributed by atoms with Gasteiger partial charge in [-0.15, -0.1) is 0 Å². The number of hydrogen-bond acceptors (Lipinski definition) is 7. The number of hydrogen-bond donors (Lipinski definition) is 0. The van der Waals surface area contributed by atoms with Crippen LogP contribution in [0.2, 0.25) is 0 Å². The van der Waals surface area contributed by atoms with Crippen LogP contribution in [0.15, 0.2) is 11.9 Å². The van der Waals surface area contributed by atoms with E-state index < -0.39 is 5.66 Å². The summed E-state index contributed by atoms with van der Waals surface area (Å²) in [6.07, 6.45) is 4.06. The number of allylic oxidation sites excluding steroid dienone is 1. The van der Waals surface area contributed by atoms with Gasteiger partial charge in [0.05, 0.1) is 6.20 Å². The Kier molecular flexibility index (Phi) is 4.34. The van der Waals surface area contributed by atoms with Crippen molar-refractivity contribution in [2.45, 2.75) is 5.66 Å². The van der Waals surface area contributed by atoms with E-state index in [1.54, 1.807) is 12.3 Å². The summed E-state index contributed by atoms with van der Waals surface area (Å²) in [5.74, 6) is 0. The molecule has 8 heteroatoms. The average Bonchev–Trinajstić information content (AvgIpc) is 2.61. The molecule has 0 spiro atoms. The van der Waals surface area contributed by atoms with E-state index in [0.29, 0.717) is 9.80 Å². The molecule has 0 atom stereocenters. The molecular weight excluding hydrogens is 217 g/mol. The first-order chi connectivity index (χ1) is 7.19. The van der Waals surface area contributed by atoms with Gasteiger partial charge >= 0.3 is 5.66 Å². The van der Waals surface area contributed by atoms with Crippen molar-refractivity contribution in [2.24, 2.45) is 0 Å². The summed E-state index contributed by atoms with van der Waals surface area (Å²) >= 11 is 0. The van der Waals surface area contributed by atoms with Gasteiger partial charge < -0.3 is 0 Å². The zero-order valence-corrected chi connectivity index (χ0v) is 10.2. The molecule has 1 aliphatic rings. The van der Waals surface area contributed by atoms with Crippen LogP contribution in [0.4, 0.5) is 0 Å². The third kappa shape index (κ3) is 1.55. The second kappa shape index (κ2) is 5.04. The van der Waals surface area contributed by atoms with E-state index in [1.807, 2.05) is 0 Å². The maximum absolute atomic E-state index is 8.83. The molecule has 1 aliphatic heterocycles. The Bertz CT molecular complexity index is 515. The standard InChI is InChI=1S/C8HN7.Na/c9-1-7-2-14(5-12)8(3-10,4-11)15(7)6-13;/h2H;. The summed E-state index contributed by atoms with van der Waals surface area (Å²) < 4.78 is 0. The van der Waals surface area contributed by atoms with Crippen molar-refractivity contribution in [1.29, 1.82) is 26.3 Å². The fraction of sp³-hybridized carbons (Fsp3) is 0.125. The molecule has 0 aromatic carbocycles. The van der Waals surface area contributed by atoms with Crippen molar-refractivity contribution < 1.29 is 0 Å². The van der Waals surface area contributed by atoms with E-state index in [2.05, 4.69) is 0 Å². The molecule has 0 bridgehead atoms. The normalized spacial score (nSPS) is 15.3. The van der Waals surface area contributed by atoms with Gasteiger partial charge in [-0.2, -0.15) is 26.3 Å². The minimum atomic E-state index is -2.07. The second-order valence-electron chi connectivity index (χ2n) is 2.43. The van der Waals surface area contributed by atoms with Crippen LogP contribution >= 0.6 is 0 Å². The molecule has 1 radical (unpaired) electrons. The Morgan fingerprint density at radius 3 is 1.88 bits per heavy atom. The van der Waals surface area contributed by atoms with E-state index in [1.165, 1.54) is 18.3 Å². The Morgan fingerprint density at radius 2 is 1.56 bits per heavy atom. The monoisotopic (exact) mass is 218 g/mol. The molecule has 0 saturated carbocycles. The topological polar surface area (TPSA) is 125 Å². The van der Waals surface area contributed by atoms with Crippen molar-refractivity contribution in [3.05, 3.63) is 11.9 Å². The van der Waals surface area contributed by atoms with E-state index in [4.69, 9.17) is 26.3 Å². The Morgan fingerprint density at radius 1 is 1.00 bits per heavy atom. The fourth-order valence-electron chi connectivity index (χ4n) is 1.09. The molecule has 1 rings (SSSR count). The van der Waals surface area contributed by atoms with E-state index in [9.17, 15) is 0 Å². The van der Waals surface area contributed by atoms with Crippen molar-refractivity contribution in [1.82, 2.24) is 9.80 Å². The van der Waals surface area contributed by atoms with Gasteiger partial charge in [0.2, 0.25) is 0 Å². The van der Waals surface area contributed by atoms with Crippen LogP contribution in [0.3, 0.4) is 0 Å². The van der Waals surface area contributed by atoms with Gasteiger partial charge in [-0.25, -0.2) is 9.80 Å². The fourth-order valence-corrected chi connectivity index (χ4v) is 1.09. The summed E-state index contributed by atoms with van der Waals surface area (Å²) in [6, 6.07) is 4.69. The summed E-state index contributed by atoms with van der Waals surface area (Å²) in [5, 5.41) is 43.7. The molecule has 69 valence electrons. The maximum atomic E-state index is 8.83. The summed E-state index contributed by atoms with van der Waals surface area (Å²) in [5.41, 5.74) is -2.30. The van der Waals surface area contributed by atoms with E-state index in [-0.39, 0.29) is 35.3 Å². The van der Waals surface area contributed by atoms with Gasteiger partial charge in [-0.1, -0.05) is 0 Å². The number of nitrogens with zero attached hydrogens (tertiary/aromatic N) is 7. The van der Waals surface area contributed by atoms with Crippen LogP contribution in [0.25, 0.3) is 0 Å². The maximum Gasteiger partial charge on any atom is 0.317 e. The van der Waals surface area contributed by atoms with E-state index >= 15 is 0 Å². The molecule has 0 N–H and O–H groups in total. The minimum Gasteiger partial charge on any atom is -0.233 e. The molecule has 0 saturated heterocycles. The van der Waals surface area contributed by atoms with Gasteiger partial charge in [0.1, 0.15) is 18.2 Å². The number of nitriles is 5. The Labute approximate surface area is 113 Å². The molecule has 0 amide bonds. The molecular formula is C8HN7Na. The third-order valence-electron chi connectivity index (χ3n) is 1.80.